The highest BCUT2D eigenvalue weighted by molar-refractivity contribution is 5.98. The van der Waals surface area contributed by atoms with Crippen LogP contribution in [0.25, 0.3) is 17.2 Å². The first-order valence-electron chi connectivity index (χ1n) is 11.0. The smallest absolute Gasteiger partial charge is 0.306 e. The molecular formula is C28H28O5. The zero-order chi connectivity index (χ0) is 23.6. The maximum atomic E-state index is 12.7. The average molecular weight is 445 g/mol. The Balaban J connectivity index is 1.58. The standard InChI is InChI=1S/C28H28O5/c29-26(19-25(28(32)33)8-4-7-20-5-2-1-3-6-20)24-16-14-23(15-17-24)22-12-9-21(10-13-22)11-18-27(30)31/h1-3,5-6,9-18,25,27,30-31H,4,7-8,19H2,(H,32,33). The number of aliphatic hydroxyl groups is 2. The minimum absolute atomic E-state index is 0.0127. The number of Topliss-reactive ketones (excluding diaryl/α,β-unsaturated/α-hetero) is 1. The number of benzene rings is 3. The summed E-state index contributed by atoms with van der Waals surface area (Å²) in [6.07, 6.45) is 3.37. The molecule has 0 aliphatic carbocycles. The number of carbonyl (C=O) groups is 2. The Bertz CT molecular complexity index is 1070. The molecule has 170 valence electrons. The second-order valence-corrected chi connectivity index (χ2v) is 8.01. The van der Waals surface area contributed by atoms with E-state index in [4.69, 9.17) is 10.2 Å². The molecule has 0 heterocycles. The number of hydrogen-bond donors (Lipinski definition) is 3. The number of carboxylic acids is 1. The monoisotopic (exact) mass is 444 g/mol. The molecule has 5 heteroatoms. The lowest BCUT2D eigenvalue weighted by atomic mass is 9.92. The molecule has 0 fully saturated rings. The third-order valence-corrected chi connectivity index (χ3v) is 5.55. The van der Waals surface area contributed by atoms with Gasteiger partial charge in [-0.3, -0.25) is 9.59 Å². The van der Waals surface area contributed by atoms with E-state index in [9.17, 15) is 14.7 Å². The van der Waals surface area contributed by atoms with Gasteiger partial charge in [0.1, 0.15) is 0 Å². The Morgan fingerprint density at radius 2 is 1.42 bits per heavy atom. The predicted octanol–water partition coefficient (Wildman–Crippen LogP) is 4.97. The first-order valence-corrected chi connectivity index (χ1v) is 11.0. The molecule has 3 aromatic rings. The number of carboxylic acid groups (broad SMARTS) is 1. The van der Waals surface area contributed by atoms with Gasteiger partial charge in [0.05, 0.1) is 5.92 Å². The summed E-state index contributed by atoms with van der Waals surface area (Å²) in [6, 6.07) is 24.6. The molecule has 0 bridgehead atoms. The molecule has 0 aliphatic heterocycles. The predicted molar refractivity (Wildman–Crippen MR) is 129 cm³/mol. The molecule has 1 atom stereocenters. The quantitative estimate of drug-likeness (QED) is 0.287. The van der Waals surface area contributed by atoms with Crippen molar-refractivity contribution in [2.24, 2.45) is 5.92 Å². The van der Waals surface area contributed by atoms with Crippen molar-refractivity contribution in [2.75, 3.05) is 0 Å². The molecule has 3 N–H and O–H groups in total. The fourth-order valence-electron chi connectivity index (χ4n) is 3.68. The van der Waals surface area contributed by atoms with Crippen molar-refractivity contribution >= 4 is 17.8 Å². The SMILES string of the molecule is O=C(CC(CCCc1ccccc1)C(=O)O)c1ccc(-c2ccc(C=CC(O)O)cc2)cc1. The molecule has 0 radical (unpaired) electrons. The Morgan fingerprint density at radius 3 is 2.00 bits per heavy atom. The second-order valence-electron chi connectivity index (χ2n) is 8.01. The molecule has 0 spiro atoms. The number of carbonyl (C=O) groups excluding carboxylic acids is 1. The number of aryl methyl sites for hydroxylation is 1. The molecule has 5 nitrogen and oxygen atoms in total. The van der Waals surface area contributed by atoms with Crippen molar-refractivity contribution in [2.45, 2.75) is 32.0 Å². The molecule has 0 aliphatic rings. The van der Waals surface area contributed by atoms with Crippen LogP contribution in [0.5, 0.6) is 0 Å². The van der Waals surface area contributed by atoms with Crippen molar-refractivity contribution in [3.63, 3.8) is 0 Å². The molecule has 0 amide bonds. The van der Waals surface area contributed by atoms with Gasteiger partial charge >= 0.3 is 5.97 Å². The number of ketones is 1. The van der Waals surface area contributed by atoms with E-state index in [1.807, 2.05) is 66.7 Å². The van der Waals surface area contributed by atoms with Crippen molar-refractivity contribution in [3.05, 3.63) is 102 Å². The summed E-state index contributed by atoms with van der Waals surface area (Å²) in [5.74, 6) is -1.80. The summed E-state index contributed by atoms with van der Waals surface area (Å²) in [5, 5.41) is 27.4. The first kappa shape index (κ1) is 24.1. The molecule has 0 saturated carbocycles. The normalized spacial score (nSPS) is 12.2. The summed E-state index contributed by atoms with van der Waals surface area (Å²) < 4.78 is 0. The van der Waals surface area contributed by atoms with Gasteiger partial charge < -0.3 is 15.3 Å². The number of rotatable bonds is 11. The van der Waals surface area contributed by atoms with E-state index in [-0.39, 0.29) is 12.2 Å². The first-order chi connectivity index (χ1) is 15.9. The summed E-state index contributed by atoms with van der Waals surface area (Å²) in [7, 11) is 0. The van der Waals surface area contributed by atoms with Gasteiger partial charge in [-0.2, -0.15) is 0 Å². The maximum absolute atomic E-state index is 12.7. The van der Waals surface area contributed by atoms with E-state index in [2.05, 4.69) is 0 Å². The maximum Gasteiger partial charge on any atom is 0.306 e. The number of aliphatic carboxylic acids is 1. The van der Waals surface area contributed by atoms with Gasteiger partial charge in [0, 0.05) is 12.0 Å². The summed E-state index contributed by atoms with van der Waals surface area (Å²) in [4.78, 5) is 24.4. The van der Waals surface area contributed by atoms with Gasteiger partial charge in [-0.1, -0.05) is 84.9 Å². The van der Waals surface area contributed by atoms with Gasteiger partial charge in [0.15, 0.2) is 12.1 Å². The highest BCUT2D eigenvalue weighted by Crippen LogP contribution is 2.23. The van der Waals surface area contributed by atoms with Gasteiger partial charge in [0.25, 0.3) is 0 Å². The molecule has 3 aromatic carbocycles. The van der Waals surface area contributed by atoms with Crippen LogP contribution in [-0.4, -0.2) is 33.4 Å². The van der Waals surface area contributed by atoms with Crippen LogP contribution < -0.4 is 0 Å². The van der Waals surface area contributed by atoms with Crippen LogP contribution in [0.2, 0.25) is 0 Å². The molecular weight excluding hydrogens is 416 g/mol. The highest BCUT2D eigenvalue weighted by atomic mass is 16.5. The third kappa shape index (κ3) is 7.52. The van der Waals surface area contributed by atoms with Crippen LogP contribution in [0, 0.1) is 5.92 Å². The number of hydrogen-bond acceptors (Lipinski definition) is 4. The van der Waals surface area contributed by atoms with E-state index in [0.29, 0.717) is 12.0 Å². The lowest BCUT2D eigenvalue weighted by molar-refractivity contribution is -0.141. The van der Waals surface area contributed by atoms with E-state index in [1.54, 1.807) is 18.2 Å². The van der Waals surface area contributed by atoms with Crippen molar-refractivity contribution in [1.82, 2.24) is 0 Å². The van der Waals surface area contributed by atoms with Gasteiger partial charge in [-0.25, -0.2) is 0 Å². The Morgan fingerprint density at radius 1 is 0.818 bits per heavy atom. The minimum Gasteiger partial charge on any atom is -0.481 e. The molecule has 33 heavy (non-hydrogen) atoms. The van der Waals surface area contributed by atoms with Crippen LogP contribution >= 0.6 is 0 Å². The summed E-state index contributed by atoms with van der Waals surface area (Å²) in [5.41, 5.74) is 4.40. The van der Waals surface area contributed by atoms with Crippen LogP contribution in [0.1, 0.15) is 40.7 Å². The van der Waals surface area contributed by atoms with E-state index < -0.39 is 18.2 Å². The van der Waals surface area contributed by atoms with Crippen LogP contribution in [0.4, 0.5) is 0 Å². The molecule has 3 rings (SSSR count). The van der Waals surface area contributed by atoms with Gasteiger partial charge in [-0.15, -0.1) is 0 Å². The zero-order valence-electron chi connectivity index (χ0n) is 18.3. The fourth-order valence-corrected chi connectivity index (χ4v) is 3.68. The molecule has 1 unspecified atom stereocenters. The van der Waals surface area contributed by atoms with Crippen molar-refractivity contribution in [3.8, 4) is 11.1 Å². The molecule has 0 aromatic heterocycles. The van der Waals surface area contributed by atoms with E-state index >= 15 is 0 Å². The summed E-state index contributed by atoms with van der Waals surface area (Å²) in [6.45, 7) is 0. The van der Waals surface area contributed by atoms with Crippen LogP contribution in [0.15, 0.2) is 84.9 Å². The highest BCUT2D eigenvalue weighted by Gasteiger charge is 2.21. The van der Waals surface area contributed by atoms with Crippen LogP contribution in [-0.2, 0) is 11.2 Å². The van der Waals surface area contributed by atoms with E-state index in [1.165, 1.54) is 11.6 Å². The second kappa shape index (κ2) is 11.9. The lowest BCUT2D eigenvalue weighted by Crippen LogP contribution is -2.18. The Kier molecular flexibility index (Phi) is 8.70. The zero-order valence-corrected chi connectivity index (χ0v) is 18.3. The van der Waals surface area contributed by atoms with Crippen LogP contribution in [0.3, 0.4) is 0 Å². The Labute approximate surface area is 193 Å². The molecule has 0 saturated heterocycles. The largest absolute Gasteiger partial charge is 0.481 e. The topological polar surface area (TPSA) is 94.8 Å². The van der Waals surface area contributed by atoms with Crippen molar-refractivity contribution in [1.29, 1.82) is 0 Å². The fraction of sp³-hybridized carbons (Fsp3) is 0.214. The third-order valence-electron chi connectivity index (χ3n) is 5.55. The Hall–Kier alpha value is -3.54. The summed E-state index contributed by atoms with van der Waals surface area (Å²) >= 11 is 0. The van der Waals surface area contributed by atoms with Crippen molar-refractivity contribution < 1.29 is 24.9 Å². The van der Waals surface area contributed by atoms with Gasteiger partial charge in [-0.05, 0) is 47.6 Å². The van der Waals surface area contributed by atoms with E-state index in [0.717, 1.165) is 29.5 Å². The lowest BCUT2D eigenvalue weighted by Gasteiger charge is -2.12. The number of aliphatic hydroxyl groups excluding tert-OH is 1. The van der Waals surface area contributed by atoms with Gasteiger partial charge in [0.2, 0.25) is 0 Å². The minimum atomic E-state index is -1.49. The average Bonchev–Trinajstić information content (AvgIpc) is 2.83.